The van der Waals surface area contributed by atoms with E-state index in [1.807, 2.05) is 13.0 Å². The van der Waals surface area contributed by atoms with Gasteiger partial charge in [-0.1, -0.05) is 0 Å². The first kappa shape index (κ1) is 17.9. The molecule has 3 N–H and O–H groups in total. The van der Waals surface area contributed by atoms with Gasteiger partial charge in [0.1, 0.15) is 0 Å². The van der Waals surface area contributed by atoms with Gasteiger partial charge >= 0.3 is 0 Å². The minimum atomic E-state index is -0.0385. The van der Waals surface area contributed by atoms with Crippen LogP contribution in [-0.2, 0) is 18.3 Å². The third kappa shape index (κ3) is 5.60. The van der Waals surface area contributed by atoms with Gasteiger partial charge in [-0.2, -0.15) is 0 Å². The number of halogens is 1. The summed E-state index contributed by atoms with van der Waals surface area (Å²) in [6, 6.07) is 3.67. The molecular formula is C12H21IN4O2. The highest BCUT2D eigenvalue weighted by atomic mass is 127. The molecule has 0 atom stereocenters. The van der Waals surface area contributed by atoms with Crippen molar-refractivity contribution in [1.29, 1.82) is 0 Å². The summed E-state index contributed by atoms with van der Waals surface area (Å²) in [6.07, 6.45) is 0. The van der Waals surface area contributed by atoms with Crippen molar-refractivity contribution in [3.05, 3.63) is 33.7 Å². The SMILES string of the molecule is COCCNC(N)=NCc1ccc(C)n(C)c1=O.I. The van der Waals surface area contributed by atoms with E-state index in [4.69, 9.17) is 10.5 Å². The molecule has 0 aliphatic heterocycles. The van der Waals surface area contributed by atoms with E-state index >= 15 is 0 Å². The van der Waals surface area contributed by atoms with Crippen LogP contribution in [0.2, 0.25) is 0 Å². The first-order valence-corrected chi connectivity index (χ1v) is 5.74. The number of aryl methyl sites for hydroxylation is 1. The van der Waals surface area contributed by atoms with Gasteiger partial charge in [0.2, 0.25) is 0 Å². The number of nitrogens with zero attached hydrogens (tertiary/aromatic N) is 2. The van der Waals surface area contributed by atoms with Crippen LogP contribution in [0.1, 0.15) is 11.3 Å². The lowest BCUT2D eigenvalue weighted by atomic mass is 10.2. The van der Waals surface area contributed by atoms with Gasteiger partial charge in [0.25, 0.3) is 5.56 Å². The summed E-state index contributed by atoms with van der Waals surface area (Å²) in [5, 5.41) is 2.89. The fourth-order valence-electron chi connectivity index (χ4n) is 1.41. The lowest BCUT2D eigenvalue weighted by Crippen LogP contribution is -2.34. The molecule has 0 radical (unpaired) electrons. The van der Waals surface area contributed by atoms with Crippen molar-refractivity contribution in [2.45, 2.75) is 13.5 Å². The maximum Gasteiger partial charge on any atom is 0.255 e. The van der Waals surface area contributed by atoms with Crippen molar-refractivity contribution in [1.82, 2.24) is 9.88 Å². The van der Waals surface area contributed by atoms with Crippen molar-refractivity contribution < 1.29 is 4.74 Å². The van der Waals surface area contributed by atoms with Gasteiger partial charge in [-0.3, -0.25) is 4.79 Å². The first-order valence-electron chi connectivity index (χ1n) is 5.74. The molecule has 7 heteroatoms. The van der Waals surface area contributed by atoms with E-state index in [0.29, 0.717) is 24.7 Å². The highest BCUT2D eigenvalue weighted by Gasteiger charge is 2.02. The normalized spacial score (nSPS) is 11.0. The predicted molar refractivity (Wildman–Crippen MR) is 87.0 cm³/mol. The topological polar surface area (TPSA) is 81.6 Å². The van der Waals surface area contributed by atoms with E-state index in [1.165, 1.54) is 0 Å². The summed E-state index contributed by atoms with van der Waals surface area (Å²) < 4.78 is 6.47. The first-order chi connectivity index (χ1) is 8.56. The Kier molecular flexibility index (Phi) is 8.41. The molecule has 19 heavy (non-hydrogen) atoms. The second-order valence-corrected chi connectivity index (χ2v) is 3.99. The van der Waals surface area contributed by atoms with E-state index in [0.717, 1.165) is 5.69 Å². The van der Waals surface area contributed by atoms with E-state index in [1.54, 1.807) is 24.8 Å². The van der Waals surface area contributed by atoms with Crippen molar-refractivity contribution >= 4 is 29.9 Å². The van der Waals surface area contributed by atoms with Crippen LogP contribution in [-0.4, -0.2) is 30.8 Å². The van der Waals surface area contributed by atoms with Crippen LogP contribution in [0.4, 0.5) is 0 Å². The number of rotatable bonds is 5. The molecule has 1 rings (SSSR count). The number of hydrogen-bond acceptors (Lipinski definition) is 3. The zero-order valence-electron chi connectivity index (χ0n) is 11.5. The molecule has 0 aromatic carbocycles. The van der Waals surface area contributed by atoms with Crippen LogP contribution in [0.3, 0.4) is 0 Å². The minimum Gasteiger partial charge on any atom is -0.383 e. The highest BCUT2D eigenvalue weighted by molar-refractivity contribution is 14.0. The summed E-state index contributed by atoms with van der Waals surface area (Å²) in [4.78, 5) is 16.0. The average Bonchev–Trinajstić information content (AvgIpc) is 2.35. The molecule has 0 fully saturated rings. The fraction of sp³-hybridized carbons (Fsp3) is 0.500. The third-order valence-corrected chi connectivity index (χ3v) is 2.67. The van der Waals surface area contributed by atoms with Crippen LogP contribution < -0.4 is 16.6 Å². The Bertz CT molecular complexity index is 485. The molecule has 0 spiro atoms. The number of aliphatic imine (C=N–C) groups is 1. The molecule has 1 aromatic heterocycles. The van der Waals surface area contributed by atoms with Crippen molar-refractivity contribution in [3.63, 3.8) is 0 Å². The van der Waals surface area contributed by atoms with Gasteiger partial charge in [-0.25, -0.2) is 4.99 Å². The van der Waals surface area contributed by atoms with Crippen molar-refractivity contribution in [2.75, 3.05) is 20.3 Å². The van der Waals surface area contributed by atoms with Crippen LogP contribution in [0.15, 0.2) is 21.9 Å². The summed E-state index contributed by atoms with van der Waals surface area (Å²) in [6.45, 7) is 3.31. The van der Waals surface area contributed by atoms with E-state index in [9.17, 15) is 4.79 Å². The number of hydrogen-bond donors (Lipinski definition) is 2. The van der Waals surface area contributed by atoms with Gasteiger partial charge in [-0.15, -0.1) is 24.0 Å². The zero-order chi connectivity index (χ0) is 13.5. The smallest absolute Gasteiger partial charge is 0.255 e. The number of guanidine groups is 1. The standard InChI is InChI=1S/C12H20N4O2.HI/c1-9-4-5-10(11(17)16(9)2)8-15-12(13)14-6-7-18-3;/h4-5H,6-8H2,1-3H3,(H3,13,14,15);1H. The second-order valence-electron chi connectivity index (χ2n) is 3.99. The van der Waals surface area contributed by atoms with Crippen LogP contribution >= 0.6 is 24.0 Å². The number of nitrogens with one attached hydrogen (secondary N) is 1. The molecule has 0 unspecified atom stereocenters. The Morgan fingerprint density at radius 2 is 2.21 bits per heavy atom. The lowest BCUT2D eigenvalue weighted by molar-refractivity contribution is 0.204. The maximum absolute atomic E-state index is 11.9. The molecule has 6 nitrogen and oxygen atoms in total. The van der Waals surface area contributed by atoms with Gasteiger partial charge in [0.15, 0.2) is 5.96 Å². The van der Waals surface area contributed by atoms with Gasteiger partial charge in [-0.05, 0) is 19.1 Å². The number of ether oxygens (including phenoxy) is 1. The predicted octanol–water partition coefficient (Wildman–Crippen LogP) is 0.362. The number of methoxy groups -OCH3 is 1. The molecule has 0 amide bonds. The quantitative estimate of drug-likeness (QED) is 0.335. The maximum atomic E-state index is 11.9. The molecular weight excluding hydrogens is 359 g/mol. The number of aromatic nitrogens is 1. The summed E-state index contributed by atoms with van der Waals surface area (Å²) in [5.74, 6) is 0.315. The minimum absolute atomic E-state index is 0. The third-order valence-electron chi connectivity index (χ3n) is 2.67. The molecule has 0 bridgehead atoms. The Labute approximate surface area is 130 Å². The van der Waals surface area contributed by atoms with Gasteiger partial charge in [0, 0.05) is 32.0 Å². The molecule has 0 saturated heterocycles. The summed E-state index contributed by atoms with van der Waals surface area (Å²) >= 11 is 0. The largest absolute Gasteiger partial charge is 0.383 e. The van der Waals surface area contributed by atoms with Crippen LogP contribution in [0.25, 0.3) is 0 Å². The molecule has 108 valence electrons. The molecule has 0 saturated carbocycles. The Morgan fingerprint density at radius 3 is 2.84 bits per heavy atom. The van der Waals surface area contributed by atoms with E-state index < -0.39 is 0 Å². The summed E-state index contributed by atoms with van der Waals surface area (Å²) in [5.41, 5.74) is 7.16. The summed E-state index contributed by atoms with van der Waals surface area (Å²) in [7, 11) is 3.36. The Balaban J connectivity index is 0.00000324. The molecule has 0 aliphatic carbocycles. The molecule has 1 heterocycles. The lowest BCUT2D eigenvalue weighted by Gasteiger charge is -2.06. The number of nitrogens with two attached hydrogens (primary N) is 1. The molecule has 1 aromatic rings. The number of pyridine rings is 1. The van der Waals surface area contributed by atoms with Crippen molar-refractivity contribution in [2.24, 2.45) is 17.8 Å². The van der Waals surface area contributed by atoms with Gasteiger partial charge < -0.3 is 20.4 Å². The Hall–Kier alpha value is -1.09. The van der Waals surface area contributed by atoms with Crippen LogP contribution in [0.5, 0.6) is 0 Å². The molecule has 0 aliphatic rings. The highest BCUT2D eigenvalue weighted by Crippen LogP contribution is 1.98. The van der Waals surface area contributed by atoms with E-state index in [-0.39, 0.29) is 36.1 Å². The average molecular weight is 380 g/mol. The zero-order valence-corrected chi connectivity index (χ0v) is 13.8. The monoisotopic (exact) mass is 380 g/mol. The fourth-order valence-corrected chi connectivity index (χ4v) is 1.41. The Morgan fingerprint density at radius 1 is 1.53 bits per heavy atom. The van der Waals surface area contributed by atoms with Gasteiger partial charge in [0.05, 0.1) is 13.2 Å². The second kappa shape index (κ2) is 8.92. The van der Waals surface area contributed by atoms with E-state index in [2.05, 4.69) is 10.3 Å². The van der Waals surface area contributed by atoms with Crippen LogP contribution in [0, 0.1) is 6.92 Å². The van der Waals surface area contributed by atoms with Crippen molar-refractivity contribution in [3.8, 4) is 0 Å².